The van der Waals surface area contributed by atoms with Gasteiger partial charge >= 0.3 is 11.9 Å². The van der Waals surface area contributed by atoms with E-state index < -0.39 is 11.9 Å². The summed E-state index contributed by atoms with van der Waals surface area (Å²) in [7, 11) is 0. The second-order valence-corrected chi connectivity index (χ2v) is 9.35. The van der Waals surface area contributed by atoms with E-state index in [1.807, 2.05) is 12.1 Å². The van der Waals surface area contributed by atoms with E-state index in [1.165, 1.54) is 6.20 Å². The quantitative estimate of drug-likeness (QED) is 0.310. The van der Waals surface area contributed by atoms with E-state index in [1.54, 1.807) is 44.3 Å². The molecular formula is C29H29N3O4. The maximum atomic E-state index is 12.8. The fraction of sp³-hybridized carbons (Fsp3) is 0.276. The normalized spacial score (nSPS) is 11.4. The molecule has 184 valence electrons. The Bertz CT molecular complexity index is 1440. The van der Waals surface area contributed by atoms with E-state index >= 15 is 0 Å². The van der Waals surface area contributed by atoms with Crippen molar-refractivity contribution >= 4 is 22.8 Å². The molecule has 0 unspecified atom stereocenters. The van der Waals surface area contributed by atoms with Crippen molar-refractivity contribution in [2.75, 3.05) is 13.2 Å². The topological polar surface area (TPSA) is 91.3 Å². The zero-order valence-corrected chi connectivity index (χ0v) is 21.2. The van der Waals surface area contributed by atoms with Gasteiger partial charge in [0.2, 0.25) is 0 Å². The highest BCUT2D eigenvalue weighted by molar-refractivity contribution is 5.97. The summed E-state index contributed by atoms with van der Waals surface area (Å²) in [5.41, 5.74) is 4.71. The minimum Gasteiger partial charge on any atom is -0.462 e. The molecule has 4 aromatic rings. The van der Waals surface area contributed by atoms with Crippen LogP contribution in [0.5, 0.6) is 0 Å². The molecule has 0 fully saturated rings. The molecule has 0 aliphatic carbocycles. The number of carbonyl (C=O) groups excluding carboxylic acids is 2. The Morgan fingerprint density at radius 2 is 1.44 bits per heavy atom. The average Bonchev–Trinajstić information content (AvgIpc) is 2.87. The second-order valence-electron chi connectivity index (χ2n) is 9.35. The fourth-order valence-electron chi connectivity index (χ4n) is 3.86. The van der Waals surface area contributed by atoms with E-state index in [0.29, 0.717) is 28.2 Å². The minimum absolute atomic E-state index is 0.115. The molecule has 1 aromatic carbocycles. The van der Waals surface area contributed by atoms with E-state index in [0.717, 1.165) is 22.0 Å². The van der Waals surface area contributed by atoms with Crippen LogP contribution in [-0.2, 0) is 14.9 Å². The number of aromatic nitrogens is 3. The Kier molecular flexibility index (Phi) is 7.10. The lowest BCUT2D eigenvalue weighted by molar-refractivity contribution is 0.0516. The van der Waals surface area contributed by atoms with Crippen LogP contribution >= 0.6 is 0 Å². The Balaban J connectivity index is 1.96. The molecule has 0 saturated carbocycles. The number of fused-ring (bicyclic) bond motifs is 1. The van der Waals surface area contributed by atoms with Gasteiger partial charge in [0.15, 0.2) is 0 Å². The summed E-state index contributed by atoms with van der Waals surface area (Å²) in [4.78, 5) is 39.0. The lowest BCUT2D eigenvalue weighted by atomic mass is 9.84. The van der Waals surface area contributed by atoms with Crippen molar-refractivity contribution in [3.05, 3.63) is 77.6 Å². The third-order valence-electron chi connectivity index (χ3n) is 5.72. The Labute approximate surface area is 210 Å². The molecule has 0 N–H and O–H groups in total. The summed E-state index contributed by atoms with van der Waals surface area (Å²) in [6, 6.07) is 14.7. The zero-order chi connectivity index (χ0) is 25.9. The van der Waals surface area contributed by atoms with Crippen LogP contribution in [0.4, 0.5) is 0 Å². The Morgan fingerprint density at radius 3 is 2.14 bits per heavy atom. The maximum absolute atomic E-state index is 12.8. The molecule has 0 aliphatic rings. The summed E-state index contributed by atoms with van der Waals surface area (Å²) >= 11 is 0. The minimum atomic E-state index is -0.465. The molecule has 36 heavy (non-hydrogen) atoms. The lowest BCUT2D eigenvalue weighted by Crippen LogP contribution is -2.11. The average molecular weight is 484 g/mol. The number of ether oxygens (including phenoxy) is 2. The lowest BCUT2D eigenvalue weighted by Gasteiger charge is -2.21. The number of benzene rings is 1. The molecule has 3 heterocycles. The number of pyridine rings is 3. The van der Waals surface area contributed by atoms with Crippen LogP contribution in [0.25, 0.3) is 33.5 Å². The standard InChI is InChI=1S/C29H29N3O4/c1-6-35-27(33)19-10-12-30-24(14-19)25-16-20(28(34)36-7-2)15-23(32-25)22-17-21(29(3,4)5)13-18-9-8-11-31-26(18)22/h8-17H,6-7H2,1-5H3. The highest BCUT2D eigenvalue weighted by Crippen LogP contribution is 2.34. The van der Waals surface area contributed by atoms with Crippen LogP contribution < -0.4 is 0 Å². The first-order valence-corrected chi connectivity index (χ1v) is 11.9. The number of esters is 2. The van der Waals surface area contributed by atoms with E-state index in [9.17, 15) is 9.59 Å². The van der Waals surface area contributed by atoms with Crippen molar-refractivity contribution < 1.29 is 19.1 Å². The highest BCUT2D eigenvalue weighted by Gasteiger charge is 2.20. The summed E-state index contributed by atoms with van der Waals surface area (Å²) in [5, 5.41) is 0.979. The molecule has 0 aliphatic heterocycles. The van der Waals surface area contributed by atoms with Gasteiger partial charge in [-0.15, -0.1) is 0 Å². The van der Waals surface area contributed by atoms with Crippen LogP contribution in [0.3, 0.4) is 0 Å². The van der Waals surface area contributed by atoms with Crippen LogP contribution in [0.15, 0.2) is 60.9 Å². The van der Waals surface area contributed by atoms with Gasteiger partial charge in [-0.2, -0.15) is 0 Å². The van der Waals surface area contributed by atoms with Crippen LogP contribution in [0.2, 0.25) is 0 Å². The van der Waals surface area contributed by atoms with Crippen molar-refractivity contribution in [3.8, 4) is 22.6 Å². The first-order chi connectivity index (χ1) is 17.2. The van der Waals surface area contributed by atoms with Crippen LogP contribution in [0.1, 0.15) is 60.9 Å². The molecule has 0 amide bonds. The molecule has 0 saturated heterocycles. The van der Waals surface area contributed by atoms with Crippen molar-refractivity contribution in [3.63, 3.8) is 0 Å². The number of hydrogen-bond donors (Lipinski definition) is 0. The maximum Gasteiger partial charge on any atom is 0.338 e. The van der Waals surface area contributed by atoms with Gasteiger partial charge in [0.25, 0.3) is 0 Å². The number of nitrogens with zero attached hydrogens (tertiary/aromatic N) is 3. The van der Waals surface area contributed by atoms with Gasteiger partial charge in [0.05, 0.1) is 46.9 Å². The van der Waals surface area contributed by atoms with Gasteiger partial charge in [0.1, 0.15) is 0 Å². The van der Waals surface area contributed by atoms with Gasteiger partial charge in [-0.1, -0.05) is 26.8 Å². The first-order valence-electron chi connectivity index (χ1n) is 11.9. The smallest absolute Gasteiger partial charge is 0.338 e. The van der Waals surface area contributed by atoms with Gasteiger partial charge < -0.3 is 9.47 Å². The number of carbonyl (C=O) groups is 2. The molecule has 0 atom stereocenters. The van der Waals surface area contributed by atoms with Crippen molar-refractivity contribution in [2.45, 2.75) is 40.0 Å². The molecule has 7 nitrogen and oxygen atoms in total. The predicted octanol–water partition coefficient (Wildman–Crippen LogP) is 6.01. The van der Waals surface area contributed by atoms with Gasteiger partial charge in [-0.05, 0) is 67.3 Å². The summed E-state index contributed by atoms with van der Waals surface area (Å²) in [5.74, 6) is -0.913. The largest absolute Gasteiger partial charge is 0.462 e. The van der Waals surface area contributed by atoms with Crippen LogP contribution in [-0.4, -0.2) is 40.1 Å². The monoisotopic (exact) mass is 483 g/mol. The molecule has 7 heteroatoms. The first kappa shape index (κ1) is 25.0. The molecule has 0 bridgehead atoms. The molecular weight excluding hydrogens is 454 g/mol. The zero-order valence-electron chi connectivity index (χ0n) is 21.2. The van der Waals surface area contributed by atoms with E-state index in [2.05, 4.69) is 42.9 Å². The van der Waals surface area contributed by atoms with Crippen molar-refractivity contribution in [2.24, 2.45) is 0 Å². The summed E-state index contributed by atoms with van der Waals surface area (Å²) in [6.45, 7) is 10.5. The second kappa shape index (κ2) is 10.2. The van der Waals surface area contributed by atoms with Gasteiger partial charge in [-0.25, -0.2) is 14.6 Å². The third kappa shape index (κ3) is 5.25. The molecule has 0 radical (unpaired) electrons. The Morgan fingerprint density at radius 1 is 0.778 bits per heavy atom. The van der Waals surface area contributed by atoms with Crippen LogP contribution in [0, 0.1) is 0 Å². The summed E-state index contributed by atoms with van der Waals surface area (Å²) in [6.07, 6.45) is 3.26. The predicted molar refractivity (Wildman–Crippen MR) is 139 cm³/mol. The molecule has 0 spiro atoms. The number of rotatable bonds is 6. The third-order valence-corrected chi connectivity index (χ3v) is 5.72. The SMILES string of the molecule is CCOC(=O)c1ccnc(-c2cc(C(=O)OCC)cc(-c3cc(C(C)(C)C)cc4cccnc34)n2)c1. The van der Waals surface area contributed by atoms with E-state index in [-0.39, 0.29) is 18.6 Å². The van der Waals surface area contributed by atoms with E-state index in [4.69, 9.17) is 14.5 Å². The highest BCUT2D eigenvalue weighted by atomic mass is 16.5. The Hall–Kier alpha value is -4.13. The summed E-state index contributed by atoms with van der Waals surface area (Å²) < 4.78 is 10.4. The fourth-order valence-corrected chi connectivity index (χ4v) is 3.86. The molecule has 3 aromatic heterocycles. The number of hydrogen-bond acceptors (Lipinski definition) is 7. The van der Waals surface area contributed by atoms with Gasteiger partial charge in [-0.3, -0.25) is 9.97 Å². The van der Waals surface area contributed by atoms with Crippen molar-refractivity contribution in [1.29, 1.82) is 0 Å². The van der Waals surface area contributed by atoms with Gasteiger partial charge in [0, 0.05) is 23.3 Å². The molecule has 4 rings (SSSR count). The van der Waals surface area contributed by atoms with Crippen molar-refractivity contribution in [1.82, 2.24) is 15.0 Å².